The smallest absolute Gasteiger partial charge is 0.264 e. The molecule has 0 aliphatic heterocycles. The Labute approximate surface area is 176 Å². The molecular weight excluding hydrogens is 469 g/mol. The summed E-state index contributed by atoms with van der Waals surface area (Å²) in [7, 11) is 4.54. The molecule has 156 valence electrons. The average Bonchev–Trinajstić information content (AvgIpc) is 2.48. The van der Waals surface area contributed by atoms with E-state index >= 15 is 0 Å². The van der Waals surface area contributed by atoms with Gasteiger partial charge >= 0.3 is 0 Å². The van der Waals surface area contributed by atoms with Crippen LogP contribution in [0.3, 0.4) is 0 Å². The molecule has 0 aliphatic carbocycles. The predicted octanol–water partition coefficient (Wildman–Crippen LogP) is -3.33. The van der Waals surface area contributed by atoms with Gasteiger partial charge in [-0.2, -0.15) is 8.42 Å². The van der Waals surface area contributed by atoms with Crippen LogP contribution in [-0.4, -0.2) is 94.9 Å². The zero-order valence-electron chi connectivity index (χ0n) is 16.7. The van der Waals surface area contributed by atoms with Crippen LogP contribution in [0.15, 0.2) is 12.7 Å². The Morgan fingerprint density at radius 3 is 2.15 bits per heavy atom. The molecule has 0 aromatic heterocycles. The lowest BCUT2D eigenvalue weighted by Crippen LogP contribution is -3.05. The monoisotopic (exact) mass is 506 g/mol. The van der Waals surface area contributed by atoms with E-state index in [4.69, 9.17) is 4.55 Å². The highest BCUT2D eigenvalue weighted by molar-refractivity contribution is 7.85. The maximum absolute atomic E-state index is 12.0. The quantitative estimate of drug-likeness (QED) is 0.0850. The number of amides is 1. The van der Waals surface area contributed by atoms with E-state index in [1.54, 1.807) is 0 Å². The van der Waals surface area contributed by atoms with Crippen molar-refractivity contribution in [3.63, 3.8) is 0 Å². The van der Waals surface area contributed by atoms with Gasteiger partial charge in [-0.25, -0.2) is 0 Å². The van der Waals surface area contributed by atoms with Crippen molar-refractivity contribution in [3.8, 4) is 0 Å². The van der Waals surface area contributed by atoms with Gasteiger partial charge in [-0.15, -0.1) is 0 Å². The van der Waals surface area contributed by atoms with Crippen LogP contribution in [0.5, 0.6) is 0 Å². The van der Waals surface area contributed by atoms with E-state index in [1.165, 1.54) is 11.0 Å². The Morgan fingerprint density at radius 1 is 1.12 bits per heavy atom. The molecule has 0 radical (unpaired) electrons. The van der Waals surface area contributed by atoms with Crippen LogP contribution in [0.25, 0.3) is 0 Å². The van der Waals surface area contributed by atoms with Gasteiger partial charge in [-0.1, -0.05) is 6.58 Å². The minimum Gasteiger partial charge on any atom is -1.00 e. The number of carbonyl (C=O) groups excluding carboxylic acids is 1. The van der Waals surface area contributed by atoms with E-state index in [0.717, 1.165) is 49.9 Å². The highest BCUT2D eigenvalue weighted by Gasteiger charge is 2.17. The van der Waals surface area contributed by atoms with Crippen molar-refractivity contribution in [2.24, 2.45) is 0 Å². The van der Waals surface area contributed by atoms with Crippen molar-refractivity contribution < 1.29 is 51.1 Å². The van der Waals surface area contributed by atoms with Crippen molar-refractivity contribution in [1.29, 1.82) is 0 Å². The summed E-state index contributed by atoms with van der Waals surface area (Å²) in [6, 6.07) is 0. The second kappa shape index (κ2) is 13.9. The number of quaternary nitrogens is 2. The molecule has 0 aliphatic rings. The molecule has 7 nitrogen and oxygen atoms in total. The normalized spacial score (nSPS) is 11.9. The van der Waals surface area contributed by atoms with Crippen LogP contribution in [0.4, 0.5) is 0 Å². The number of carbonyl (C=O) groups is 1. The fourth-order valence-corrected chi connectivity index (χ4v) is 3.28. The minimum absolute atomic E-state index is 0. The number of unbranched alkanes of at least 4 members (excludes halogenated alkanes) is 1. The van der Waals surface area contributed by atoms with Crippen LogP contribution >= 0.6 is 0 Å². The Balaban J connectivity index is 0. The summed E-state index contributed by atoms with van der Waals surface area (Å²) in [5.41, 5.74) is 0. The number of nitrogens with zero attached hydrogens (tertiary/aromatic N) is 2. The third-order valence-electron chi connectivity index (χ3n) is 4.20. The number of rotatable bonds is 14. The molecular formula is C17H37IN3O4S+. The van der Waals surface area contributed by atoms with E-state index < -0.39 is 10.1 Å². The van der Waals surface area contributed by atoms with E-state index in [-0.39, 0.29) is 35.6 Å². The lowest BCUT2D eigenvalue weighted by molar-refractivity contribution is -0.890. The van der Waals surface area contributed by atoms with Gasteiger partial charge in [0.2, 0.25) is 5.91 Å². The van der Waals surface area contributed by atoms with Crippen LogP contribution in [-0.2, 0) is 14.9 Å². The van der Waals surface area contributed by atoms with Crippen molar-refractivity contribution in [1.82, 2.24) is 4.90 Å². The number of hydrogen-bond acceptors (Lipinski definition) is 3. The van der Waals surface area contributed by atoms with Crippen LogP contribution in [0.2, 0.25) is 0 Å². The van der Waals surface area contributed by atoms with E-state index in [9.17, 15) is 13.2 Å². The number of halogens is 1. The van der Waals surface area contributed by atoms with Crippen molar-refractivity contribution in [3.05, 3.63) is 12.7 Å². The molecule has 0 saturated carbocycles. The first-order chi connectivity index (χ1) is 11.5. The molecule has 0 heterocycles. The van der Waals surface area contributed by atoms with Gasteiger partial charge in [0.1, 0.15) is 0 Å². The standard InChI is InChI=1S/C17H35N3O4S.HI/c1-6-17(21)19(12-9-11-18(2)3)13-10-15-20(4,5)14-7-8-16-25(22,23)24;/h6H,1,7-16H2,2-5H3;1H/p+1. The number of nitrogens with one attached hydrogen (secondary N) is 1. The van der Waals surface area contributed by atoms with Crippen LogP contribution in [0, 0.1) is 0 Å². The van der Waals surface area contributed by atoms with E-state index in [1.807, 2.05) is 4.90 Å². The Kier molecular flexibility index (Phi) is 14.9. The first-order valence-electron chi connectivity index (χ1n) is 8.94. The van der Waals surface area contributed by atoms with Gasteiger partial charge in [0, 0.05) is 25.9 Å². The van der Waals surface area contributed by atoms with Gasteiger partial charge in [-0.3, -0.25) is 9.35 Å². The Morgan fingerprint density at radius 2 is 1.65 bits per heavy atom. The second-order valence-electron chi connectivity index (χ2n) is 7.57. The van der Waals surface area contributed by atoms with Gasteiger partial charge in [0.25, 0.3) is 10.1 Å². The molecule has 0 unspecified atom stereocenters. The maximum Gasteiger partial charge on any atom is 0.264 e. The Hall–Kier alpha value is -0.230. The highest BCUT2D eigenvalue weighted by atomic mass is 127. The molecule has 0 rings (SSSR count). The van der Waals surface area contributed by atoms with Crippen LogP contribution < -0.4 is 28.9 Å². The molecule has 0 aromatic rings. The molecule has 0 saturated heterocycles. The summed E-state index contributed by atoms with van der Waals surface area (Å²) >= 11 is 0. The van der Waals surface area contributed by atoms with Crippen molar-refractivity contribution >= 4 is 16.0 Å². The fraction of sp³-hybridized carbons (Fsp3) is 0.824. The summed E-state index contributed by atoms with van der Waals surface area (Å²) in [5, 5.41) is 0. The first kappa shape index (κ1) is 28.0. The van der Waals surface area contributed by atoms with Gasteiger partial charge in [0.15, 0.2) is 0 Å². The van der Waals surface area contributed by atoms with Gasteiger partial charge < -0.3 is 38.3 Å². The summed E-state index contributed by atoms with van der Waals surface area (Å²) in [6.45, 7) is 7.81. The third-order valence-corrected chi connectivity index (χ3v) is 5.00. The second-order valence-corrected chi connectivity index (χ2v) is 9.14. The molecule has 0 fully saturated rings. The molecule has 1 amide bonds. The zero-order chi connectivity index (χ0) is 19.5. The van der Waals surface area contributed by atoms with E-state index in [2.05, 4.69) is 34.8 Å². The molecule has 26 heavy (non-hydrogen) atoms. The van der Waals surface area contributed by atoms with Crippen molar-refractivity contribution in [2.75, 3.05) is 66.7 Å². The largest absolute Gasteiger partial charge is 1.00 e. The molecule has 9 heteroatoms. The number of hydrogen-bond donors (Lipinski definition) is 2. The zero-order valence-corrected chi connectivity index (χ0v) is 19.7. The van der Waals surface area contributed by atoms with Crippen molar-refractivity contribution in [2.45, 2.75) is 25.7 Å². The van der Waals surface area contributed by atoms with Gasteiger partial charge in [0.05, 0.1) is 53.6 Å². The highest BCUT2D eigenvalue weighted by Crippen LogP contribution is 2.06. The summed E-state index contributed by atoms with van der Waals surface area (Å²) in [6.07, 6.45) is 4.44. The van der Waals surface area contributed by atoms with E-state index in [0.29, 0.717) is 13.0 Å². The topological polar surface area (TPSA) is 79.1 Å². The lowest BCUT2D eigenvalue weighted by Gasteiger charge is -2.31. The predicted molar refractivity (Wildman–Crippen MR) is 101 cm³/mol. The molecule has 0 atom stereocenters. The van der Waals surface area contributed by atoms with Gasteiger partial charge in [-0.05, 0) is 18.9 Å². The Bertz CT molecular complexity index is 510. The molecule has 0 aromatic carbocycles. The first-order valence-corrected chi connectivity index (χ1v) is 10.6. The SMILES string of the molecule is C=CC(=O)N(CCC[NH+](C)C)CCC[N+](C)(C)CCCCS(=O)(=O)O.[I-]. The molecule has 0 spiro atoms. The third kappa shape index (κ3) is 16.0. The average molecular weight is 506 g/mol. The van der Waals surface area contributed by atoms with Crippen LogP contribution in [0.1, 0.15) is 25.7 Å². The lowest BCUT2D eigenvalue weighted by atomic mass is 10.2. The maximum atomic E-state index is 12.0. The summed E-state index contributed by atoms with van der Waals surface area (Å²) < 4.78 is 31.0. The summed E-state index contributed by atoms with van der Waals surface area (Å²) in [5.74, 6) is -0.199. The summed E-state index contributed by atoms with van der Waals surface area (Å²) in [4.78, 5) is 15.2. The molecule has 2 N–H and O–H groups in total. The molecule has 0 bridgehead atoms. The minimum atomic E-state index is -3.86. The fourth-order valence-electron chi connectivity index (χ4n) is 2.71.